The van der Waals surface area contributed by atoms with Crippen LogP contribution in [0.1, 0.15) is 81.8 Å². The number of ether oxygens (including phenoxy) is 1. The van der Waals surface area contributed by atoms with Crippen molar-refractivity contribution in [1.82, 2.24) is 35.0 Å². The molecule has 4 aliphatic rings. The van der Waals surface area contributed by atoms with Crippen LogP contribution in [0.25, 0.3) is 17.0 Å². The molecule has 2 N–H and O–H groups in total. The van der Waals surface area contributed by atoms with Gasteiger partial charge in [-0.15, -0.1) is 0 Å². The van der Waals surface area contributed by atoms with Crippen molar-refractivity contribution in [3.63, 3.8) is 0 Å². The minimum absolute atomic E-state index is 0.128. The van der Waals surface area contributed by atoms with E-state index in [1.165, 1.54) is 18.9 Å². The molecule has 272 valence electrons. The second-order valence-electron chi connectivity index (χ2n) is 14.3. The second kappa shape index (κ2) is 15.2. The SMILES string of the molecule is C=CC(=C\C=C1/CC=C2c3c(F)cc(-c4cnc([C@H]5CCCN5C(=O)CC(C)C)[nH]4)cc3OC(c3cnco3)N21)/C(=C/N=C)NCC1CCCN1C. The van der Waals surface area contributed by atoms with Gasteiger partial charge in [-0.25, -0.2) is 14.4 Å². The van der Waals surface area contributed by atoms with Crippen molar-refractivity contribution in [2.75, 3.05) is 26.7 Å². The van der Waals surface area contributed by atoms with Crippen molar-refractivity contribution in [3.05, 3.63) is 108 Å². The monoisotopic (exact) mass is 706 g/mol. The highest BCUT2D eigenvalue weighted by molar-refractivity contribution is 5.79. The number of aromatic nitrogens is 3. The second-order valence-corrected chi connectivity index (χ2v) is 14.3. The number of fused-ring (bicyclic) bond motifs is 3. The van der Waals surface area contributed by atoms with Crippen LogP contribution in [0.15, 0.2) is 94.4 Å². The molecule has 0 spiro atoms. The van der Waals surface area contributed by atoms with Crippen molar-refractivity contribution < 1.29 is 18.3 Å². The lowest BCUT2D eigenvalue weighted by atomic mass is 10.0. The number of likely N-dealkylation sites (N-methyl/N-ethyl adjacent to an activating group) is 1. The lowest BCUT2D eigenvalue weighted by molar-refractivity contribution is -0.133. The molecule has 2 unspecified atom stereocenters. The summed E-state index contributed by atoms with van der Waals surface area (Å²) in [6, 6.07) is 3.66. The maximum atomic E-state index is 16.3. The van der Waals surface area contributed by atoms with Crippen LogP contribution in [0.3, 0.4) is 0 Å². The zero-order valence-corrected chi connectivity index (χ0v) is 30.1. The third kappa shape index (κ3) is 6.99. The average molecular weight is 707 g/mol. The van der Waals surface area contributed by atoms with Crippen molar-refractivity contribution in [1.29, 1.82) is 0 Å². The van der Waals surface area contributed by atoms with Gasteiger partial charge in [0.1, 0.15) is 17.4 Å². The number of aromatic amines is 1. The lowest BCUT2D eigenvalue weighted by Gasteiger charge is -2.37. The molecule has 1 aromatic carbocycles. The molecule has 11 nitrogen and oxygen atoms in total. The fourth-order valence-electron chi connectivity index (χ4n) is 7.69. The number of carbonyl (C=O) groups is 1. The van der Waals surface area contributed by atoms with E-state index in [0.29, 0.717) is 65.3 Å². The van der Waals surface area contributed by atoms with E-state index >= 15 is 4.39 Å². The Labute approximate surface area is 304 Å². The number of oxazole rings is 1. The predicted octanol–water partition coefficient (Wildman–Crippen LogP) is 7.27. The molecule has 6 heterocycles. The van der Waals surface area contributed by atoms with E-state index in [2.05, 4.69) is 50.5 Å². The van der Waals surface area contributed by atoms with Crippen LogP contribution >= 0.6 is 0 Å². The summed E-state index contributed by atoms with van der Waals surface area (Å²) in [6.07, 6.45) is 18.6. The Kier molecular flexibility index (Phi) is 10.3. The number of likely N-dealkylation sites (tertiary alicyclic amines) is 2. The van der Waals surface area contributed by atoms with Crippen molar-refractivity contribution in [2.45, 2.75) is 70.7 Å². The van der Waals surface area contributed by atoms with Crippen LogP contribution < -0.4 is 10.1 Å². The Hall–Kier alpha value is -5.23. The van der Waals surface area contributed by atoms with Gasteiger partial charge in [-0.3, -0.25) is 9.79 Å². The first-order valence-corrected chi connectivity index (χ1v) is 18.1. The summed E-state index contributed by atoms with van der Waals surface area (Å²) in [5.41, 5.74) is 4.86. The van der Waals surface area contributed by atoms with Gasteiger partial charge in [-0.2, -0.15) is 0 Å². The highest BCUT2D eigenvalue weighted by atomic mass is 19.1. The molecule has 3 aromatic rings. The molecule has 0 radical (unpaired) electrons. The number of nitrogens with zero attached hydrogens (tertiary/aromatic N) is 6. The molecule has 52 heavy (non-hydrogen) atoms. The van der Waals surface area contributed by atoms with Gasteiger partial charge in [0.25, 0.3) is 0 Å². The summed E-state index contributed by atoms with van der Waals surface area (Å²) in [5, 5.41) is 3.55. The van der Waals surface area contributed by atoms with Gasteiger partial charge in [0.2, 0.25) is 12.1 Å². The van der Waals surface area contributed by atoms with Gasteiger partial charge >= 0.3 is 0 Å². The van der Waals surface area contributed by atoms with Gasteiger partial charge in [0.05, 0.1) is 41.1 Å². The van der Waals surface area contributed by atoms with Gasteiger partial charge in [-0.05, 0) is 75.7 Å². The predicted molar refractivity (Wildman–Crippen MR) is 199 cm³/mol. The highest BCUT2D eigenvalue weighted by Gasteiger charge is 2.40. The molecule has 3 atom stereocenters. The molecular formula is C40H47FN8O3. The smallest absolute Gasteiger partial charge is 0.236 e. The first-order valence-electron chi connectivity index (χ1n) is 18.1. The number of nitrogens with one attached hydrogen (secondary N) is 2. The summed E-state index contributed by atoms with van der Waals surface area (Å²) in [5.74, 6) is 1.57. The Bertz CT molecular complexity index is 1940. The van der Waals surface area contributed by atoms with E-state index in [0.717, 1.165) is 49.3 Å². The summed E-state index contributed by atoms with van der Waals surface area (Å²) in [6.45, 7) is 14.4. The Morgan fingerprint density at radius 1 is 1.23 bits per heavy atom. The fourth-order valence-corrected chi connectivity index (χ4v) is 7.69. The van der Waals surface area contributed by atoms with E-state index in [-0.39, 0.29) is 17.9 Å². The number of carbonyl (C=O) groups excluding carboxylic acids is 1. The third-order valence-corrected chi connectivity index (χ3v) is 10.3. The molecule has 7 rings (SSSR count). The number of hydrogen-bond donors (Lipinski definition) is 2. The van der Waals surface area contributed by atoms with E-state index < -0.39 is 12.0 Å². The van der Waals surface area contributed by atoms with Crippen molar-refractivity contribution in [3.8, 4) is 17.0 Å². The highest BCUT2D eigenvalue weighted by Crippen LogP contribution is 2.50. The first kappa shape index (κ1) is 35.2. The molecule has 4 aliphatic heterocycles. The van der Waals surface area contributed by atoms with Crippen LogP contribution in [-0.2, 0) is 4.79 Å². The standard InChI is InChI=1S/C40H47FN8O3/c1-6-26(31(21-42-4)44-20-29-9-7-15-47(29)5)11-12-28-13-14-33-38-30(41)18-27(19-35(38)52-40(49(28)33)36-23-43-24-51-36)32-22-45-39(46-32)34-10-8-16-48(34)37(50)17-25(2)3/h6,11-12,14,18-19,21-25,29,34,40,44H,1,4,7-10,13,15-17,20H2,2-3,5H3,(H,45,46)/b26-11+,28-12+,31-21-/t29?,34-,40?/m1/s1. The number of allylic oxidation sites excluding steroid dienone is 4. The lowest BCUT2D eigenvalue weighted by Crippen LogP contribution is -2.35. The number of H-pyrrole nitrogens is 1. The van der Waals surface area contributed by atoms with Gasteiger partial charge in [0.15, 0.2) is 12.2 Å². The molecule has 1 amide bonds. The van der Waals surface area contributed by atoms with Crippen LogP contribution in [0.5, 0.6) is 5.75 Å². The summed E-state index contributed by atoms with van der Waals surface area (Å²) < 4.78 is 28.6. The normalized spacial score (nSPS) is 22.8. The van der Waals surface area contributed by atoms with Crippen LogP contribution in [0, 0.1) is 11.7 Å². The zero-order valence-electron chi connectivity index (χ0n) is 30.1. The van der Waals surface area contributed by atoms with Crippen LogP contribution in [-0.4, -0.2) is 75.0 Å². The molecule has 0 saturated carbocycles. The summed E-state index contributed by atoms with van der Waals surface area (Å²) in [4.78, 5) is 35.4. The molecule has 0 bridgehead atoms. The van der Waals surface area contributed by atoms with Gasteiger partial charge < -0.3 is 34.2 Å². The van der Waals surface area contributed by atoms with Gasteiger partial charge in [0, 0.05) is 49.4 Å². The van der Waals surface area contributed by atoms with Crippen LogP contribution in [0.4, 0.5) is 4.39 Å². The fraction of sp³-hybridized carbons (Fsp3) is 0.400. The number of amides is 1. The molecule has 12 heteroatoms. The van der Waals surface area contributed by atoms with E-state index in [1.54, 1.807) is 24.7 Å². The quantitative estimate of drug-likeness (QED) is 0.149. The maximum Gasteiger partial charge on any atom is 0.236 e. The van der Waals surface area contributed by atoms with E-state index in [9.17, 15) is 4.79 Å². The number of rotatable bonds is 12. The summed E-state index contributed by atoms with van der Waals surface area (Å²) in [7, 11) is 2.15. The van der Waals surface area contributed by atoms with E-state index in [4.69, 9.17) is 9.15 Å². The number of halogens is 1. The minimum atomic E-state index is -0.720. The number of benzene rings is 1. The number of aliphatic imine (C=N–C) groups is 1. The molecule has 2 aromatic heterocycles. The molecule has 0 aliphatic carbocycles. The Morgan fingerprint density at radius 2 is 2.08 bits per heavy atom. The number of hydrogen-bond acceptors (Lipinski definition) is 9. The number of imidazole rings is 1. The maximum absolute atomic E-state index is 16.3. The Morgan fingerprint density at radius 3 is 2.81 bits per heavy atom. The third-order valence-electron chi connectivity index (χ3n) is 10.3. The molecule has 2 fully saturated rings. The molecular weight excluding hydrogens is 659 g/mol. The van der Waals surface area contributed by atoms with Crippen molar-refractivity contribution in [2.24, 2.45) is 10.9 Å². The Balaban J connectivity index is 1.17. The minimum Gasteiger partial charge on any atom is -0.462 e. The zero-order chi connectivity index (χ0) is 36.4. The topological polar surface area (TPSA) is 115 Å². The average Bonchev–Trinajstić information content (AvgIpc) is 3.97. The largest absolute Gasteiger partial charge is 0.462 e. The van der Waals surface area contributed by atoms with E-state index in [1.807, 2.05) is 47.9 Å². The van der Waals surface area contributed by atoms with Crippen molar-refractivity contribution >= 4 is 18.3 Å². The van der Waals surface area contributed by atoms with Gasteiger partial charge in [-0.1, -0.05) is 38.7 Å². The molecule has 2 saturated heterocycles. The van der Waals surface area contributed by atoms with Crippen LogP contribution in [0.2, 0.25) is 0 Å². The first-order chi connectivity index (χ1) is 25.2. The summed E-state index contributed by atoms with van der Waals surface area (Å²) >= 11 is 0.